The number of aromatic nitrogens is 2. The largest absolute Gasteiger partial charge is 0.507 e. The lowest BCUT2D eigenvalue weighted by molar-refractivity contribution is 0.0693. The van der Waals surface area contributed by atoms with E-state index in [9.17, 15) is 18.3 Å². The number of rotatable bonds is 5. The third-order valence-electron chi connectivity index (χ3n) is 2.82. The number of aromatic amines is 1. The second-order valence-corrected chi connectivity index (χ2v) is 6.08. The summed E-state index contributed by atoms with van der Waals surface area (Å²) in [6.07, 6.45) is 2.88. The molecular formula is C12H13N3O5S. The highest BCUT2D eigenvalue weighted by Gasteiger charge is 2.21. The van der Waals surface area contributed by atoms with Gasteiger partial charge >= 0.3 is 5.97 Å². The van der Waals surface area contributed by atoms with Crippen LogP contribution in [0.1, 0.15) is 21.6 Å². The molecule has 21 heavy (non-hydrogen) atoms. The van der Waals surface area contributed by atoms with E-state index in [2.05, 4.69) is 14.7 Å². The number of carbonyl (C=O) groups is 1. The van der Waals surface area contributed by atoms with Gasteiger partial charge in [0.1, 0.15) is 11.3 Å². The van der Waals surface area contributed by atoms with E-state index in [1.54, 1.807) is 0 Å². The number of benzene rings is 1. The lowest BCUT2D eigenvalue weighted by atomic mass is 10.1. The number of nitrogens with zero attached hydrogens (tertiary/aromatic N) is 1. The number of hydrogen-bond acceptors (Lipinski definition) is 5. The van der Waals surface area contributed by atoms with Gasteiger partial charge in [-0.3, -0.25) is 0 Å². The Labute approximate surface area is 120 Å². The summed E-state index contributed by atoms with van der Waals surface area (Å²) in [4.78, 5) is 17.3. The Kier molecular flexibility index (Phi) is 3.96. The zero-order valence-corrected chi connectivity index (χ0v) is 11.8. The number of H-pyrrole nitrogens is 1. The second kappa shape index (κ2) is 5.54. The molecule has 1 heterocycles. The number of aromatic hydroxyl groups is 1. The van der Waals surface area contributed by atoms with Crippen LogP contribution in [-0.2, 0) is 16.6 Å². The van der Waals surface area contributed by atoms with Gasteiger partial charge in [-0.05, 0) is 24.6 Å². The van der Waals surface area contributed by atoms with Crippen LogP contribution in [-0.4, -0.2) is 34.6 Å². The van der Waals surface area contributed by atoms with Gasteiger partial charge in [0.25, 0.3) is 0 Å². The summed E-state index contributed by atoms with van der Waals surface area (Å²) >= 11 is 0. The molecule has 1 aromatic heterocycles. The Morgan fingerprint density at radius 2 is 2.14 bits per heavy atom. The van der Waals surface area contributed by atoms with Crippen LogP contribution in [0.2, 0.25) is 0 Å². The fourth-order valence-corrected chi connectivity index (χ4v) is 3.02. The molecule has 0 saturated heterocycles. The fourth-order valence-electron chi connectivity index (χ4n) is 1.77. The van der Waals surface area contributed by atoms with Gasteiger partial charge in [0.2, 0.25) is 10.0 Å². The van der Waals surface area contributed by atoms with Crippen LogP contribution in [0.5, 0.6) is 5.75 Å². The van der Waals surface area contributed by atoms with Gasteiger partial charge in [0, 0.05) is 11.9 Å². The summed E-state index contributed by atoms with van der Waals surface area (Å²) in [6.45, 7) is 1.46. The number of aromatic carboxylic acids is 1. The Morgan fingerprint density at radius 1 is 1.43 bits per heavy atom. The van der Waals surface area contributed by atoms with Crippen LogP contribution in [0.3, 0.4) is 0 Å². The van der Waals surface area contributed by atoms with Crippen molar-refractivity contribution in [2.75, 3.05) is 0 Å². The van der Waals surface area contributed by atoms with E-state index in [1.807, 2.05) is 0 Å². The number of sulfonamides is 1. The fraction of sp³-hybridized carbons (Fsp3) is 0.167. The van der Waals surface area contributed by atoms with Crippen LogP contribution in [0.4, 0.5) is 0 Å². The van der Waals surface area contributed by atoms with Crippen molar-refractivity contribution in [2.45, 2.75) is 18.4 Å². The molecule has 0 aliphatic carbocycles. The van der Waals surface area contributed by atoms with Crippen molar-refractivity contribution in [1.82, 2.24) is 14.7 Å². The van der Waals surface area contributed by atoms with Gasteiger partial charge in [0.15, 0.2) is 0 Å². The van der Waals surface area contributed by atoms with Crippen molar-refractivity contribution >= 4 is 16.0 Å². The van der Waals surface area contributed by atoms with Gasteiger partial charge in [-0.15, -0.1) is 0 Å². The van der Waals surface area contributed by atoms with Crippen molar-refractivity contribution in [3.8, 4) is 5.75 Å². The van der Waals surface area contributed by atoms with E-state index in [-0.39, 0.29) is 17.0 Å². The molecule has 0 atom stereocenters. The van der Waals surface area contributed by atoms with Crippen LogP contribution >= 0.6 is 0 Å². The molecule has 0 spiro atoms. The highest BCUT2D eigenvalue weighted by Crippen LogP contribution is 2.25. The molecule has 0 amide bonds. The second-order valence-electron chi connectivity index (χ2n) is 4.34. The molecule has 2 aromatic rings. The lowest BCUT2D eigenvalue weighted by Crippen LogP contribution is -2.24. The standard InChI is InChI=1S/C12H13N3O5S/c1-7-2-10(16)9(12(17)18)3-11(7)21(19,20)15-5-8-4-13-6-14-8/h2-4,6,15-16H,5H2,1H3,(H,13,14)(H,17,18). The molecule has 0 saturated carbocycles. The van der Waals surface area contributed by atoms with E-state index in [4.69, 9.17) is 5.11 Å². The normalized spacial score (nSPS) is 11.5. The van der Waals surface area contributed by atoms with E-state index in [0.717, 1.165) is 12.1 Å². The number of hydrogen-bond donors (Lipinski definition) is 4. The molecule has 4 N–H and O–H groups in total. The first-order valence-electron chi connectivity index (χ1n) is 5.85. The average molecular weight is 311 g/mol. The van der Waals surface area contributed by atoms with E-state index in [1.165, 1.54) is 19.4 Å². The zero-order valence-electron chi connectivity index (χ0n) is 11.0. The van der Waals surface area contributed by atoms with Crippen LogP contribution in [0.15, 0.2) is 29.6 Å². The molecule has 8 nitrogen and oxygen atoms in total. The number of phenols is 1. The summed E-state index contributed by atoms with van der Waals surface area (Å²) in [6, 6.07) is 2.04. The minimum Gasteiger partial charge on any atom is -0.507 e. The number of nitrogens with one attached hydrogen (secondary N) is 2. The number of carboxylic acids is 1. The van der Waals surface area contributed by atoms with E-state index < -0.39 is 27.3 Å². The molecule has 0 aliphatic heterocycles. The third-order valence-corrected chi connectivity index (χ3v) is 4.36. The van der Waals surface area contributed by atoms with Gasteiger partial charge < -0.3 is 15.2 Å². The van der Waals surface area contributed by atoms with Crippen LogP contribution < -0.4 is 4.72 Å². The van der Waals surface area contributed by atoms with E-state index >= 15 is 0 Å². The maximum absolute atomic E-state index is 12.2. The van der Waals surface area contributed by atoms with Crippen molar-refractivity contribution in [3.63, 3.8) is 0 Å². The summed E-state index contributed by atoms with van der Waals surface area (Å²) in [5.41, 5.74) is 0.339. The molecule has 0 unspecified atom stereocenters. The molecule has 112 valence electrons. The Morgan fingerprint density at radius 3 is 2.71 bits per heavy atom. The molecule has 0 fully saturated rings. The first kappa shape index (κ1) is 15.0. The first-order chi connectivity index (χ1) is 9.81. The quantitative estimate of drug-likeness (QED) is 0.639. The predicted molar refractivity (Wildman–Crippen MR) is 72.4 cm³/mol. The first-order valence-corrected chi connectivity index (χ1v) is 7.33. The van der Waals surface area contributed by atoms with Gasteiger partial charge in [-0.1, -0.05) is 0 Å². The van der Waals surface area contributed by atoms with Gasteiger partial charge in [0.05, 0.1) is 17.8 Å². The van der Waals surface area contributed by atoms with Crippen molar-refractivity contribution in [2.24, 2.45) is 0 Å². The minimum atomic E-state index is -3.91. The summed E-state index contributed by atoms with van der Waals surface area (Å²) in [5.74, 6) is -1.88. The summed E-state index contributed by atoms with van der Waals surface area (Å²) < 4.78 is 26.8. The third kappa shape index (κ3) is 3.20. The molecule has 9 heteroatoms. The Balaban J connectivity index is 2.35. The number of imidazole rings is 1. The van der Waals surface area contributed by atoms with Crippen molar-refractivity contribution in [1.29, 1.82) is 0 Å². The van der Waals surface area contributed by atoms with Gasteiger partial charge in [-0.2, -0.15) is 0 Å². The minimum absolute atomic E-state index is 0.00887. The highest BCUT2D eigenvalue weighted by atomic mass is 32.2. The molecular weight excluding hydrogens is 298 g/mol. The molecule has 0 bridgehead atoms. The molecule has 2 rings (SSSR count). The smallest absolute Gasteiger partial charge is 0.339 e. The van der Waals surface area contributed by atoms with Crippen LogP contribution in [0.25, 0.3) is 0 Å². The van der Waals surface area contributed by atoms with E-state index in [0.29, 0.717) is 5.69 Å². The Bertz CT molecular complexity index is 768. The SMILES string of the molecule is Cc1cc(O)c(C(=O)O)cc1S(=O)(=O)NCc1cnc[nH]1. The molecule has 1 aromatic carbocycles. The summed E-state index contributed by atoms with van der Waals surface area (Å²) in [7, 11) is -3.91. The summed E-state index contributed by atoms with van der Waals surface area (Å²) in [5, 5.41) is 18.5. The van der Waals surface area contributed by atoms with Crippen molar-refractivity contribution in [3.05, 3.63) is 41.5 Å². The Hall–Kier alpha value is -2.39. The topological polar surface area (TPSA) is 132 Å². The monoisotopic (exact) mass is 311 g/mol. The predicted octanol–water partition coefficient (Wildman–Crippen LogP) is 0.600. The van der Waals surface area contributed by atoms with Crippen molar-refractivity contribution < 1.29 is 23.4 Å². The zero-order chi connectivity index (χ0) is 15.6. The van der Waals surface area contributed by atoms with Crippen LogP contribution in [0, 0.1) is 6.92 Å². The maximum atomic E-state index is 12.2. The maximum Gasteiger partial charge on any atom is 0.339 e. The molecule has 0 radical (unpaired) electrons. The highest BCUT2D eigenvalue weighted by molar-refractivity contribution is 7.89. The number of carboxylic acid groups (broad SMARTS) is 1. The lowest BCUT2D eigenvalue weighted by Gasteiger charge is -2.10. The molecule has 0 aliphatic rings. The average Bonchev–Trinajstić information content (AvgIpc) is 2.88. The number of aryl methyl sites for hydroxylation is 1. The van der Waals surface area contributed by atoms with Gasteiger partial charge in [-0.25, -0.2) is 22.9 Å².